The Labute approximate surface area is 141 Å². The molecule has 4 rings (SSSR count). The normalized spacial score (nSPS) is 20.1. The Kier molecular flexibility index (Phi) is 4.06. The summed E-state index contributed by atoms with van der Waals surface area (Å²) in [5, 5.41) is 8.43. The van der Waals surface area contributed by atoms with Crippen molar-refractivity contribution in [1.29, 1.82) is 0 Å². The van der Waals surface area contributed by atoms with E-state index in [1.807, 2.05) is 41.6 Å². The molecule has 1 atom stereocenters. The summed E-state index contributed by atoms with van der Waals surface area (Å²) in [5.74, 6) is 1.50. The number of nitrogens with two attached hydrogens (primary N) is 1. The van der Waals surface area contributed by atoms with Gasteiger partial charge in [-0.1, -0.05) is 30.3 Å². The van der Waals surface area contributed by atoms with Crippen molar-refractivity contribution in [2.45, 2.75) is 43.7 Å². The van der Waals surface area contributed by atoms with Crippen molar-refractivity contribution in [3.05, 3.63) is 48.0 Å². The first-order chi connectivity index (χ1) is 11.7. The average Bonchev–Trinajstić information content (AvgIpc) is 3.38. The SMILES string of the molecule is NC(C(=O)N1CCC(c2nncn2C2CC2)CC1)c1ccccc1. The number of carbonyl (C=O) groups is 1. The highest BCUT2D eigenvalue weighted by Gasteiger charge is 2.32. The summed E-state index contributed by atoms with van der Waals surface area (Å²) in [6, 6.07) is 9.61. The molecule has 2 fully saturated rings. The van der Waals surface area contributed by atoms with Crippen LogP contribution in [0.5, 0.6) is 0 Å². The second kappa shape index (κ2) is 6.36. The lowest BCUT2D eigenvalue weighted by Crippen LogP contribution is -2.43. The van der Waals surface area contributed by atoms with E-state index in [-0.39, 0.29) is 5.91 Å². The quantitative estimate of drug-likeness (QED) is 0.933. The first kappa shape index (κ1) is 15.3. The number of likely N-dealkylation sites (tertiary alicyclic amines) is 1. The number of carbonyl (C=O) groups excluding carboxylic acids is 1. The Morgan fingerprint density at radius 2 is 1.83 bits per heavy atom. The lowest BCUT2D eigenvalue weighted by Gasteiger charge is -2.33. The molecule has 6 nitrogen and oxygen atoms in total. The van der Waals surface area contributed by atoms with Gasteiger partial charge >= 0.3 is 0 Å². The van der Waals surface area contributed by atoms with Crippen LogP contribution < -0.4 is 5.73 Å². The topological polar surface area (TPSA) is 77.0 Å². The van der Waals surface area contributed by atoms with Crippen molar-refractivity contribution in [3.8, 4) is 0 Å². The largest absolute Gasteiger partial charge is 0.341 e. The van der Waals surface area contributed by atoms with Crippen molar-refractivity contribution in [2.75, 3.05) is 13.1 Å². The zero-order chi connectivity index (χ0) is 16.5. The average molecular weight is 325 g/mol. The number of aromatic nitrogens is 3. The first-order valence-corrected chi connectivity index (χ1v) is 8.73. The fourth-order valence-electron chi connectivity index (χ4n) is 3.54. The van der Waals surface area contributed by atoms with Gasteiger partial charge in [0.2, 0.25) is 5.91 Å². The molecule has 24 heavy (non-hydrogen) atoms. The van der Waals surface area contributed by atoms with Gasteiger partial charge in [0, 0.05) is 25.0 Å². The lowest BCUT2D eigenvalue weighted by molar-refractivity contribution is -0.133. The second-order valence-corrected chi connectivity index (χ2v) is 6.82. The lowest BCUT2D eigenvalue weighted by atomic mass is 9.95. The molecule has 6 heteroatoms. The van der Waals surface area contributed by atoms with E-state index in [0.717, 1.165) is 37.3 Å². The minimum Gasteiger partial charge on any atom is -0.341 e. The van der Waals surface area contributed by atoms with Gasteiger partial charge in [-0.15, -0.1) is 10.2 Å². The monoisotopic (exact) mass is 325 g/mol. The van der Waals surface area contributed by atoms with Crippen LogP contribution >= 0.6 is 0 Å². The summed E-state index contributed by atoms with van der Waals surface area (Å²) in [6.07, 6.45) is 6.18. The molecular weight excluding hydrogens is 302 g/mol. The molecule has 2 aromatic rings. The maximum Gasteiger partial charge on any atom is 0.244 e. The van der Waals surface area contributed by atoms with Gasteiger partial charge in [0.1, 0.15) is 18.2 Å². The van der Waals surface area contributed by atoms with Crippen LogP contribution in [0.1, 0.15) is 55.1 Å². The molecule has 0 spiro atoms. The molecule has 0 bridgehead atoms. The van der Waals surface area contributed by atoms with E-state index in [9.17, 15) is 4.79 Å². The Morgan fingerprint density at radius 3 is 2.50 bits per heavy atom. The highest BCUT2D eigenvalue weighted by atomic mass is 16.2. The van der Waals surface area contributed by atoms with E-state index in [1.165, 1.54) is 12.8 Å². The Morgan fingerprint density at radius 1 is 1.12 bits per heavy atom. The molecule has 1 amide bonds. The highest BCUT2D eigenvalue weighted by Crippen LogP contribution is 2.38. The summed E-state index contributed by atoms with van der Waals surface area (Å²) in [5.41, 5.74) is 7.03. The van der Waals surface area contributed by atoms with Gasteiger partial charge in [-0.2, -0.15) is 0 Å². The number of benzene rings is 1. The minimum atomic E-state index is -0.571. The van der Waals surface area contributed by atoms with Crippen molar-refractivity contribution in [3.63, 3.8) is 0 Å². The maximum absolute atomic E-state index is 12.6. The Hall–Kier alpha value is -2.21. The van der Waals surface area contributed by atoms with Crippen LogP contribution in [0.3, 0.4) is 0 Å². The van der Waals surface area contributed by atoms with Crippen LogP contribution in [0.25, 0.3) is 0 Å². The van der Waals surface area contributed by atoms with Crippen molar-refractivity contribution >= 4 is 5.91 Å². The molecule has 2 aliphatic rings. The fourth-order valence-corrected chi connectivity index (χ4v) is 3.54. The molecule has 1 unspecified atom stereocenters. The van der Waals surface area contributed by atoms with Gasteiger partial charge in [0.15, 0.2) is 0 Å². The minimum absolute atomic E-state index is 0.0170. The van der Waals surface area contributed by atoms with E-state index < -0.39 is 6.04 Å². The Bertz CT molecular complexity index is 701. The third kappa shape index (κ3) is 2.94. The number of rotatable bonds is 4. The van der Waals surface area contributed by atoms with Crippen molar-refractivity contribution < 1.29 is 4.79 Å². The van der Waals surface area contributed by atoms with Crippen LogP contribution in [-0.2, 0) is 4.79 Å². The molecule has 1 aliphatic carbocycles. The molecular formula is C18H23N5O. The van der Waals surface area contributed by atoms with Crippen molar-refractivity contribution in [2.24, 2.45) is 5.73 Å². The summed E-state index contributed by atoms with van der Waals surface area (Å²) in [4.78, 5) is 14.5. The first-order valence-electron chi connectivity index (χ1n) is 8.73. The second-order valence-electron chi connectivity index (χ2n) is 6.82. The number of hydrogen-bond donors (Lipinski definition) is 1. The third-order valence-corrected chi connectivity index (χ3v) is 5.14. The molecule has 1 aromatic heterocycles. The predicted octanol–water partition coefficient (Wildman–Crippen LogP) is 2.02. The summed E-state index contributed by atoms with van der Waals surface area (Å²) in [6.45, 7) is 1.48. The van der Waals surface area contributed by atoms with E-state index in [0.29, 0.717) is 12.0 Å². The summed E-state index contributed by atoms with van der Waals surface area (Å²) >= 11 is 0. The predicted molar refractivity (Wildman–Crippen MR) is 90.2 cm³/mol. The standard InChI is InChI=1S/C18H23N5O/c19-16(13-4-2-1-3-5-13)18(24)22-10-8-14(9-11-22)17-21-20-12-23(17)15-6-7-15/h1-5,12,14-16H,6-11,19H2. The number of amides is 1. The van der Waals surface area contributed by atoms with Gasteiger partial charge < -0.3 is 15.2 Å². The summed E-state index contributed by atoms with van der Waals surface area (Å²) < 4.78 is 2.23. The molecule has 2 N–H and O–H groups in total. The number of nitrogens with zero attached hydrogens (tertiary/aromatic N) is 4. The van der Waals surface area contributed by atoms with Crippen LogP contribution in [0.15, 0.2) is 36.7 Å². The van der Waals surface area contributed by atoms with Gasteiger partial charge in [-0.05, 0) is 31.2 Å². The molecule has 1 aromatic carbocycles. The van der Waals surface area contributed by atoms with Gasteiger partial charge in [0.05, 0.1) is 0 Å². The van der Waals surface area contributed by atoms with Crippen LogP contribution in [0.2, 0.25) is 0 Å². The number of piperidine rings is 1. The fraction of sp³-hybridized carbons (Fsp3) is 0.500. The van der Waals surface area contributed by atoms with Gasteiger partial charge in [-0.3, -0.25) is 4.79 Å². The molecule has 1 saturated carbocycles. The Balaban J connectivity index is 1.39. The van der Waals surface area contributed by atoms with E-state index in [1.54, 1.807) is 0 Å². The maximum atomic E-state index is 12.6. The van der Waals surface area contributed by atoms with Crippen LogP contribution in [-0.4, -0.2) is 38.7 Å². The zero-order valence-electron chi connectivity index (χ0n) is 13.7. The van der Waals surface area contributed by atoms with Crippen molar-refractivity contribution in [1.82, 2.24) is 19.7 Å². The smallest absolute Gasteiger partial charge is 0.244 e. The van der Waals surface area contributed by atoms with Gasteiger partial charge in [-0.25, -0.2) is 0 Å². The summed E-state index contributed by atoms with van der Waals surface area (Å²) in [7, 11) is 0. The molecule has 1 saturated heterocycles. The third-order valence-electron chi connectivity index (χ3n) is 5.14. The van der Waals surface area contributed by atoms with E-state index in [4.69, 9.17) is 5.73 Å². The molecule has 1 aliphatic heterocycles. The molecule has 0 radical (unpaired) electrons. The molecule has 2 heterocycles. The van der Waals surface area contributed by atoms with Crippen LogP contribution in [0.4, 0.5) is 0 Å². The van der Waals surface area contributed by atoms with Crippen LogP contribution in [0, 0.1) is 0 Å². The van der Waals surface area contributed by atoms with E-state index >= 15 is 0 Å². The van der Waals surface area contributed by atoms with E-state index in [2.05, 4.69) is 14.8 Å². The van der Waals surface area contributed by atoms with Gasteiger partial charge in [0.25, 0.3) is 0 Å². The highest BCUT2D eigenvalue weighted by molar-refractivity contribution is 5.83. The zero-order valence-corrected chi connectivity index (χ0v) is 13.7. The molecule has 126 valence electrons. The number of hydrogen-bond acceptors (Lipinski definition) is 4.